The van der Waals surface area contributed by atoms with Crippen molar-refractivity contribution < 1.29 is 9.32 Å². The van der Waals surface area contributed by atoms with E-state index in [0.717, 1.165) is 37.9 Å². The fraction of sp³-hybridized carbons (Fsp3) is 0.812. The van der Waals surface area contributed by atoms with Crippen LogP contribution in [0.5, 0.6) is 0 Å². The van der Waals surface area contributed by atoms with E-state index in [1.165, 1.54) is 32.1 Å². The quantitative estimate of drug-likeness (QED) is 0.815. The minimum absolute atomic E-state index is 0.126. The predicted molar refractivity (Wildman–Crippen MR) is 75.6 cm³/mol. The minimum atomic E-state index is -0.126. The van der Waals surface area contributed by atoms with E-state index in [1.807, 2.05) is 0 Å². The molecule has 20 heavy (non-hydrogen) atoms. The lowest BCUT2D eigenvalue weighted by Crippen LogP contribution is -2.17. The van der Waals surface area contributed by atoms with E-state index in [-0.39, 0.29) is 11.7 Å². The molecule has 2 fully saturated rings. The van der Waals surface area contributed by atoms with Crippen LogP contribution in [0.1, 0.15) is 94.2 Å². The average molecular weight is 276 g/mol. The molecule has 2 aliphatic carbocycles. The molecule has 1 aromatic rings. The summed E-state index contributed by atoms with van der Waals surface area (Å²) in [6.07, 6.45) is 12.5. The fourth-order valence-corrected chi connectivity index (χ4v) is 3.51. The lowest BCUT2D eigenvalue weighted by molar-refractivity contribution is -0.122. The number of hydrogen-bond donors (Lipinski definition) is 0. The molecule has 2 aliphatic rings. The van der Waals surface area contributed by atoms with Crippen LogP contribution in [-0.2, 0) is 4.79 Å². The van der Waals surface area contributed by atoms with Crippen LogP contribution >= 0.6 is 0 Å². The number of rotatable bonds is 2. The van der Waals surface area contributed by atoms with Crippen molar-refractivity contribution in [1.29, 1.82) is 0 Å². The summed E-state index contributed by atoms with van der Waals surface area (Å²) in [5.74, 6) is 2.01. The van der Waals surface area contributed by atoms with Gasteiger partial charge in [0.1, 0.15) is 5.78 Å². The highest BCUT2D eigenvalue weighted by atomic mass is 16.5. The third-order valence-electron chi connectivity index (χ3n) is 4.78. The Morgan fingerprint density at radius 2 is 1.60 bits per heavy atom. The van der Waals surface area contributed by atoms with Gasteiger partial charge < -0.3 is 4.52 Å². The second kappa shape index (κ2) is 6.51. The zero-order chi connectivity index (χ0) is 13.8. The first kappa shape index (κ1) is 13.8. The monoisotopic (exact) mass is 276 g/mol. The highest BCUT2D eigenvalue weighted by Crippen LogP contribution is 2.32. The Hall–Kier alpha value is -1.19. The smallest absolute Gasteiger partial charge is 0.237 e. The van der Waals surface area contributed by atoms with Crippen molar-refractivity contribution in [2.24, 2.45) is 0 Å². The molecule has 0 amide bonds. The molecular formula is C16H24N2O2. The fourth-order valence-electron chi connectivity index (χ4n) is 3.51. The maximum Gasteiger partial charge on any atom is 0.237 e. The van der Waals surface area contributed by atoms with Gasteiger partial charge in [-0.3, -0.25) is 4.79 Å². The van der Waals surface area contributed by atoms with E-state index < -0.39 is 0 Å². The van der Waals surface area contributed by atoms with Crippen molar-refractivity contribution in [1.82, 2.24) is 10.1 Å². The number of carbonyl (C=O) groups excluding carboxylic acids is 1. The summed E-state index contributed by atoms with van der Waals surface area (Å²) in [5, 5.41) is 4.18. The Balaban J connectivity index is 1.70. The van der Waals surface area contributed by atoms with Gasteiger partial charge in [0.15, 0.2) is 5.82 Å². The van der Waals surface area contributed by atoms with E-state index in [9.17, 15) is 4.79 Å². The van der Waals surface area contributed by atoms with Gasteiger partial charge in [-0.2, -0.15) is 4.98 Å². The Bertz CT molecular complexity index is 447. The van der Waals surface area contributed by atoms with Crippen molar-refractivity contribution >= 4 is 5.78 Å². The summed E-state index contributed by atoms with van der Waals surface area (Å²) in [4.78, 5) is 16.5. The summed E-state index contributed by atoms with van der Waals surface area (Å²) in [5.41, 5.74) is 0. The van der Waals surface area contributed by atoms with Gasteiger partial charge in [0.05, 0.1) is 5.92 Å². The number of Topliss-reactive ketones (excluding diaryl/α,β-unsaturated/α-hetero) is 1. The van der Waals surface area contributed by atoms with Gasteiger partial charge in [-0.25, -0.2) is 0 Å². The standard InChI is InChI=1S/C16H24N2O2/c19-14-11-7-6-10-13(14)16-17-15(18-20-16)12-8-4-2-1-3-5-9-12/h12-13H,1-11H2. The predicted octanol–water partition coefficient (Wildman–Crippen LogP) is 4.12. The molecule has 0 N–H and O–H groups in total. The summed E-state index contributed by atoms with van der Waals surface area (Å²) in [6, 6.07) is 0. The van der Waals surface area contributed by atoms with E-state index in [4.69, 9.17) is 4.52 Å². The molecule has 0 bridgehead atoms. The lowest BCUT2D eigenvalue weighted by Gasteiger charge is -2.17. The highest BCUT2D eigenvalue weighted by Gasteiger charge is 2.30. The first-order valence-corrected chi connectivity index (χ1v) is 8.21. The maximum absolute atomic E-state index is 12.0. The normalized spacial score (nSPS) is 26.2. The molecule has 0 spiro atoms. The van der Waals surface area contributed by atoms with Gasteiger partial charge >= 0.3 is 0 Å². The van der Waals surface area contributed by atoms with Gasteiger partial charge in [0, 0.05) is 12.3 Å². The number of nitrogens with zero attached hydrogens (tertiary/aromatic N) is 2. The molecule has 1 heterocycles. The van der Waals surface area contributed by atoms with Crippen molar-refractivity contribution in [3.8, 4) is 0 Å². The van der Waals surface area contributed by atoms with Gasteiger partial charge in [0.2, 0.25) is 5.89 Å². The summed E-state index contributed by atoms with van der Waals surface area (Å²) < 4.78 is 5.42. The zero-order valence-electron chi connectivity index (χ0n) is 12.1. The summed E-state index contributed by atoms with van der Waals surface area (Å²) >= 11 is 0. The maximum atomic E-state index is 12.0. The number of hydrogen-bond acceptors (Lipinski definition) is 4. The number of carbonyl (C=O) groups is 1. The minimum Gasteiger partial charge on any atom is -0.339 e. The first-order chi connectivity index (χ1) is 9.84. The Morgan fingerprint density at radius 3 is 2.35 bits per heavy atom. The molecule has 4 nitrogen and oxygen atoms in total. The molecule has 4 heteroatoms. The van der Waals surface area contributed by atoms with Crippen LogP contribution < -0.4 is 0 Å². The van der Waals surface area contributed by atoms with Crippen LogP contribution in [0.3, 0.4) is 0 Å². The Morgan fingerprint density at radius 1 is 0.900 bits per heavy atom. The molecule has 1 unspecified atom stereocenters. The number of aromatic nitrogens is 2. The third kappa shape index (κ3) is 3.10. The lowest BCUT2D eigenvalue weighted by atomic mass is 9.88. The van der Waals surface area contributed by atoms with Crippen LogP contribution in [0.15, 0.2) is 4.52 Å². The second-order valence-corrected chi connectivity index (χ2v) is 6.30. The van der Waals surface area contributed by atoms with Gasteiger partial charge in [-0.15, -0.1) is 0 Å². The molecule has 0 saturated heterocycles. The molecule has 1 atom stereocenters. The average Bonchev–Trinajstić information content (AvgIpc) is 2.88. The van der Waals surface area contributed by atoms with Crippen molar-refractivity contribution in [2.45, 2.75) is 82.5 Å². The van der Waals surface area contributed by atoms with Crippen molar-refractivity contribution in [2.75, 3.05) is 0 Å². The molecule has 1 aromatic heterocycles. The summed E-state index contributed by atoms with van der Waals surface area (Å²) in [6.45, 7) is 0. The number of ketones is 1. The van der Waals surface area contributed by atoms with Crippen LogP contribution in [0, 0.1) is 0 Å². The van der Waals surface area contributed by atoms with Crippen LogP contribution in [0.2, 0.25) is 0 Å². The molecule has 110 valence electrons. The van der Waals surface area contributed by atoms with Crippen LogP contribution in [0.25, 0.3) is 0 Å². The largest absolute Gasteiger partial charge is 0.339 e. The molecule has 2 saturated carbocycles. The van der Waals surface area contributed by atoms with Crippen LogP contribution in [-0.4, -0.2) is 15.9 Å². The van der Waals surface area contributed by atoms with E-state index >= 15 is 0 Å². The Kier molecular flexibility index (Phi) is 4.48. The SMILES string of the molecule is O=C1CCCCC1c1nc(C2CCCCCCC2)no1. The van der Waals surface area contributed by atoms with Gasteiger partial charge in [-0.1, -0.05) is 43.7 Å². The molecule has 0 radical (unpaired) electrons. The third-order valence-corrected chi connectivity index (χ3v) is 4.78. The zero-order valence-corrected chi connectivity index (χ0v) is 12.1. The highest BCUT2D eigenvalue weighted by molar-refractivity contribution is 5.85. The van der Waals surface area contributed by atoms with E-state index in [0.29, 0.717) is 18.2 Å². The second-order valence-electron chi connectivity index (χ2n) is 6.30. The molecule has 0 aliphatic heterocycles. The topological polar surface area (TPSA) is 56.0 Å². The summed E-state index contributed by atoms with van der Waals surface area (Å²) in [7, 11) is 0. The Labute approximate surface area is 120 Å². The van der Waals surface area contributed by atoms with E-state index in [2.05, 4.69) is 10.1 Å². The first-order valence-electron chi connectivity index (χ1n) is 8.21. The molecular weight excluding hydrogens is 252 g/mol. The molecule has 3 rings (SSSR count). The molecule has 0 aromatic carbocycles. The van der Waals surface area contributed by atoms with Crippen molar-refractivity contribution in [3.05, 3.63) is 11.7 Å². The van der Waals surface area contributed by atoms with Crippen molar-refractivity contribution in [3.63, 3.8) is 0 Å². The van der Waals surface area contributed by atoms with E-state index in [1.54, 1.807) is 0 Å². The van der Waals surface area contributed by atoms with Crippen LogP contribution in [0.4, 0.5) is 0 Å². The van der Waals surface area contributed by atoms with Gasteiger partial charge in [-0.05, 0) is 25.7 Å². The van der Waals surface area contributed by atoms with Gasteiger partial charge in [0.25, 0.3) is 0 Å².